The molecule has 0 heterocycles. The monoisotopic (exact) mass is 727 g/mol. The minimum absolute atomic E-state index is 0.230. The maximum atomic E-state index is 12.6. The van der Waals surface area contributed by atoms with Crippen LogP contribution in [0.2, 0.25) is 0 Å². The summed E-state index contributed by atoms with van der Waals surface area (Å²) in [6.07, 6.45) is 7.71. The van der Waals surface area contributed by atoms with Crippen molar-refractivity contribution in [3.63, 3.8) is 0 Å². The first kappa shape index (κ1) is 37.3. The van der Waals surface area contributed by atoms with Gasteiger partial charge in [-0.15, -0.1) is 0 Å². The highest BCUT2D eigenvalue weighted by atomic mass is 32.2. The molecule has 266 valence electrons. The van der Waals surface area contributed by atoms with Crippen LogP contribution in [0.1, 0.15) is 44.5 Å². The number of aryl methyl sites for hydroxylation is 2. The smallest absolute Gasteiger partial charge is 0.295 e. The number of allylic oxidation sites excluding steroid dienone is 5. The molecule has 6 N–H and O–H groups in total. The van der Waals surface area contributed by atoms with Crippen molar-refractivity contribution in [1.29, 1.82) is 0 Å². The summed E-state index contributed by atoms with van der Waals surface area (Å²) in [5.74, 6) is 0. The lowest BCUT2D eigenvalue weighted by Crippen LogP contribution is -2.17. The standard InChI is InChI=1S/C39H42N4O6S2/c1-22-21-23(2)37(24(3)35(22)40)42(7)30-17-13-28(14-18-30)34(32-11-9-10-12-33(32)50(44,45)46)29-15-19-31(20-16-29)43(8)38-25(4)36(41)26(5)39(27(38)6)51(47,48)49/h9-21H,40-41H2,1-8H3,(H-,44,45,46,47,48,49)/p+1. The average Bonchev–Trinajstić information content (AvgIpc) is 3.06. The Labute approximate surface area is 300 Å². The van der Waals surface area contributed by atoms with E-state index in [1.807, 2.05) is 76.4 Å². The minimum atomic E-state index is -4.59. The highest BCUT2D eigenvalue weighted by Crippen LogP contribution is 2.41. The van der Waals surface area contributed by atoms with Crippen LogP contribution in [-0.2, 0) is 20.2 Å². The van der Waals surface area contributed by atoms with Gasteiger partial charge in [0.1, 0.15) is 16.8 Å². The molecule has 1 aliphatic carbocycles. The molecule has 5 rings (SSSR count). The van der Waals surface area contributed by atoms with E-state index in [2.05, 4.69) is 10.6 Å². The molecule has 4 aromatic carbocycles. The van der Waals surface area contributed by atoms with Crippen molar-refractivity contribution in [2.24, 2.45) is 0 Å². The molecule has 0 aromatic heterocycles. The van der Waals surface area contributed by atoms with Gasteiger partial charge < -0.3 is 16.4 Å². The molecule has 10 nitrogen and oxygen atoms in total. The van der Waals surface area contributed by atoms with Gasteiger partial charge in [0.2, 0.25) is 11.4 Å². The highest BCUT2D eigenvalue weighted by molar-refractivity contribution is 7.86. The summed E-state index contributed by atoms with van der Waals surface area (Å²) in [6.45, 7) is 11.0. The summed E-state index contributed by atoms with van der Waals surface area (Å²) in [4.78, 5) is 1.33. The van der Waals surface area contributed by atoms with E-state index in [0.717, 1.165) is 33.8 Å². The van der Waals surface area contributed by atoms with Crippen molar-refractivity contribution in [3.05, 3.63) is 129 Å². The van der Waals surface area contributed by atoms with Crippen LogP contribution in [0.4, 0.5) is 28.4 Å². The zero-order valence-electron chi connectivity index (χ0n) is 29.9. The topological polar surface area (TPSA) is 167 Å². The number of nitrogens with two attached hydrogens (primary N) is 2. The fourth-order valence-electron chi connectivity index (χ4n) is 7.13. The number of nitrogens with zero attached hydrogens (tertiary/aromatic N) is 2. The normalized spacial score (nSPS) is 13.1. The Balaban J connectivity index is 1.67. The molecular formula is C39H43N4O6S2+. The largest absolute Gasteiger partial charge is 0.398 e. The summed E-state index contributed by atoms with van der Waals surface area (Å²) in [6, 6.07) is 15.6. The third-order valence-electron chi connectivity index (χ3n) is 9.64. The van der Waals surface area contributed by atoms with Crippen LogP contribution in [-0.4, -0.2) is 50.3 Å². The quantitative estimate of drug-likeness (QED) is 0.0867. The van der Waals surface area contributed by atoms with Gasteiger partial charge in [-0.25, -0.2) is 0 Å². The number of hydrogen-bond donors (Lipinski definition) is 4. The second kappa shape index (κ2) is 13.6. The predicted molar refractivity (Wildman–Crippen MR) is 206 cm³/mol. The second-order valence-corrected chi connectivity index (χ2v) is 15.6. The first-order chi connectivity index (χ1) is 23.7. The summed E-state index contributed by atoms with van der Waals surface area (Å²) in [7, 11) is -5.41. The molecule has 0 bridgehead atoms. The second-order valence-electron chi connectivity index (χ2n) is 12.9. The zero-order valence-corrected chi connectivity index (χ0v) is 31.5. The molecule has 0 atom stereocenters. The van der Waals surface area contributed by atoms with Crippen LogP contribution in [0.15, 0.2) is 94.3 Å². The van der Waals surface area contributed by atoms with E-state index in [9.17, 15) is 25.9 Å². The van der Waals surface area contributed by atoms with E-state index in [1.165, 1.54) is 6.07 Å². The van der Waals surface area contributed by atoms with Crippen molar-refractivity contribution < 1.29 is 30.5 Å². The van der Waals surface area contributed by atoms with E-state index >= 15 is 0 Å². The van der Waals surface area contributed by atoms with Crippen LogP contribution in [0, 0.1) is 41.5 Å². The molecule has 0 unspecified atom stereocenters. The lowest BCUT2D eigenvalue weighted by atomic mass is 9.90. The average molecular weight is 728 g/mol. The van der Waals surface area contributed by atoms with Crippen LogP contribution >= 0.6 is 0 Å². The molecule has 0 aliphatic heterocycles. The molecule has 0 spiro atoms. The fourth-order valence-corrected chi connectivity index (χ4v) is 8.81. The Morgan fingerprint density at radius 3 is 1.86 bits per heavy atom. The SMILES string of the molecule is Cc1cc(C)c([N+](C)=C2C=CC(=C(c3ccc(N(C)c4c(C)c(N)c(C)c(S(=O)(=O)O)c4C)cc3)c3ccccc3S(=O)(=O)O)C=C2)c(C)c1N. The Hall–Kier alpha value is -5.01. The summed E-state index contributed by atoms with van der Waals surface area (Å²) in [5.41, 5.74) is 23.4. The zero-order chi connectivity index (χ0) is 37.7. The van der Waals surface area contributed by atoms with Crippen LogP contribution in [0.5, 0.6) is 0 Å². The van der Waals surface area contributed by atoms with Crippen LogP contribution < -0.4 is 16.4 Å². The van der Waals surface area contributed by atoms with Gasteiger partial charge in [0.25, 0.3) is 20.2 Å². The minimum Gasteiger partial charge on any atom is -0.398 e. The molecule has 1 aliphatic rings. The number of benzene rings is 4. The number of anilines is 4. The van der Waals surface area contributed by atoms with Gasteiger partial charge in [-0.05, 0) is 117 Å². The predicted octanol–water partition coefficient (Wildman–Crippen LogP) is 7.31. The molecular weight excluding hydrogens is 685 g/mol. The van der Waals surface area contributed by atoms with Gasteiger partial charge in [-0.3, -0.25) is 9.11 Å². The number of rotatable bonds is 7. The van der Waals surface area contributed by atoms with Crippen molar-refractivity contribution >= 4 is 60.0 Å². The maximum absolute atomic E-state index is 12.6. The Bertz CT molecular complexity index is 2440. The molecule has 0 saturated carbocycles. The number of hydrogen-bond acceptors (Lipinski definition) is 7. The van der Waals surface area contributed by atoms with E-state index in [1.54, 1.807) is 50.9 Å². The molecule has 12 heteroatoms. The third kappa shape index (κ3) is 6.87. The molecule has 0 saturated heterocycles. The van der Waals surface area contributed by atoms with Gasteiger partial charge in [0, 0.05) is 53.0 Å². The Morgan fingerprint density at radius 2 is 1.29 bits per heavy atom. The molecule has 0 radical (unpaired) electrons. The van der Waals surface area contributed by atoms with E-state index in [0.29, 0.717) is 44.8 Å². The summed E-state index contributed by atoms with van der Waals surface area (Å²) >= 11 is 0. The van der Waals surface area contributed by atoms with Crippen molar-refractivity contribution in [2.45, 2.75) is 51.3 Å². The first-order valence-electron chi connectivity index (χ1n) is 16.1. The molecule has 0 amide bonds. The van der Waals surface area contributed by atoms with Crippen molar-refractivity contribution in [3.8, 4) is 0 Å². The van der Waals surface area contributed by atoms with Gasteiger partial charge in [-0.2, -0.15) is 21.4 Å². The Kier molecular flexibility index (Phi) is 9.94. The van der Waals surface area contributed by atoms with Gasteiger partial charge >= 0.3 is 0 Å². The maximum Gasteiger partial charge on any atom is 0.295 e. The molecule has 4 aromatic rings. The molecule has 51 heavy (non-hydrogen) atoms. The van der Waals surface area contributed by atoms with E-state index < -0.39 is 20.2 Å². The number of nitrogen functional groups attached to an aromatic ring is 2. The fraction of sp³-hybridized carbons (Fsp3) is 0.205. The molecule has 0 fully saturated rings. The van der Waals surface area contributed by atoms with Gasteiger partial charge in [-0.1, -0.05) is 30.3 Å². The van der Waals surface area contributed by atoms with Gasteiger partial charge in [0.05, 0.1) is 5.69 Å². The summed E-state index contributed by atoms with van der Waals surface area (Å²) in [5, 5.41) is 0. The van der Waals surface area contributed by atoms with Crippen LogP contribution in [0.25, 0.3) is 5.57 Å². The van der Waals surface area contributed by atoms with E-state index in [4.69, 9.17) is 11.5 Å². The lowest BCUT2D eigenvalue weighted by molar-refractivity contribution is -0.404. The summed E-state index contributed by atoms with van der Waals surface area (Å²) < 4.78 is 72.2. The Morgan fingerprint density at radius 1 is 0.706 bits per heavy atom. The third-order valence-corrected chi connectivity index (χ3v) is 11.7. The van der Waals surface area contributed by atoms with Crippen LogP contribution in [0.3, 0.4) is 0 Å². The van der Waals surface area contributed by atoms with E-state index in [-0.39, 0.29) is 21.0 Å². The van der Waals surface area contributed by atoms with Crippen molar-refractivity contribution in [1.82, 2.24) is 0 Å². The van der Waals surface area contributed by atoms with Crippen molar-refractivity contribution in [2.75, 3.05) is 30.5 Å². The first-order valence-corrected chi connectivity index (χ1v) is 19.0. The lowest BCUT2D eigenvalue weighted by Gasteiger charge is -2.27. The van der Waals surface area contributed by atoms with Gasteiger partial charge in [0.15, 0.2) is 0 Å². The highest BCUT2D eigenvalue weighted by Gasteiger charge is 2.27.